The first-order valence-corrected chi connectivity index (χ1v) is 8.54. The van der Waals surface area contributed by atoms with Crippen LogP contribution in [0.15, 0.2) is 24.3 Å². The van der Waals surface area contributed by atoms with E-state index in [4.69, 9.17) is 5.11 Å². The summed E-state index contributed by atoms with van der Waals surface area (Å²) >= 11 is 0. The molecule has 0 radical (unpaired) electrons. The fraction of sp³-hybridized carbons (Fsp3) is 0.421. The van der Waals surface area contributed by atoms with Gasteiger partial charge in [0.15, 0.2) is 5.69 Å². The van der Waals surface area contributed by atoms with Crippen molar-refractivity contribution in [2.24, 2.45) is 5.92 Å². The van der Waals surface area contributed by atoms with E-state index in [9.17, 15) is 9.59 Å². The highest BCUT2D eigenvalue weighted by molar-refractivity contribution is 5.94. The zero-order valence-corrected chi connectivity index (χ0v) is 14.8. The van der Waals surface area contributed by atoms with Crippen LogP contribution in [0.5, 0.6) is 0 Å². The minimum absolute atomic E-state index is 0.167. The molecule has 1 aliphatic rings. The highest BCUT2D eigenvalue weighted by atomic mass is 16.4. The first-order valence-electron chi connectivity index (χ1n) is 8.54. The molecular formula is C19H23N3O3. The number of aryl methyl sites for hydroxylation is 1. The van der Waals surface area contributed by atoms with E-state index in [1.807, 2.05) is 35.9 Å². The number of carbonyl (C=O) groups is 2. The zero-order valence-electron chi connectivity index (χ0n) is 14.8. The van der Waals surface area contributed by atoms with Gasteiger partial charge in [-0.3, -0.25) is 9.59 Å². The van der Waals surface area contributed by atoms with Crippen LogP contribution in [-0.4, -0.2) is 45.3 Å². The molecule has 0 bridgehead atoms. The molecule has 1 aromatic heterocycles. The minimum atomic E-state index is -0.907. The van der Waals surface area contributed by atoms with Gasteiger partial charge >= 0.3 is 5.97 Å². The zero-order chi connectivity index (χ0) is 18.1. The molecular weight excluding hydrogens is 318 g/mol. The predicted octanol–water partition coefficient (Wildman–Crippen LogP) is 2.46. The molecule has 1 aliphatic carbocycles. The number of hydrogen-bond donors (Lipinski definition) is 1. The standard InChI is InChI=1S/C19H23N3O3/c1-12-7-9-14(10-8-12)22-16-6-4-5-15(16)17(20-22)18(23)21(3)11-13(2)19(24)25/h7-10,13H,4-6,11H2,1-3H3,(H,24,25). The third-order valence-electron chi connectivity index (χ3n) is 4.73. The second kappa shape index (κ2) is 6.70. The number of amides is 1. The maximum atomic E-state index is 12.8. The number of fused-ring (bicyclic) bond motifs is 1. The Balaban J connectivity index is 1.92. The Kier molecular flexibility index (Phi) is 4.61. The lowest BCUT2D eigenvalue weighted by atomic mass is 10.1. The summed E-state index contributed by atoms with van der Waals surface area (Å²) in [5.74, 6) is -1.73. The van der Waals surface area contributed by atoms with Crippen LogP contribution < -0.4 is 0 Å². The summed E-state index contributed by atoms with van der Waals surface area (Å²) in [6, 6.07) is 8.07. The average molecular weight is 341 g/mol. The van der Waals surface area contributed by atoms with Crippen LogP contribution in [-0.2, 0) is 17.6 Å². The molecule has 132 valence electrons. The van der Waals surface area contributed by atoms with Crippen molar-refractivity contribution in [2.75, 3.05) is 13.6 Å². The van der Waals surface area contributed by atoms with Gasteiger partial charge in [0, 0.05) is 24.8 Å². The Hall–Kier alpha value is -2.63. The Labute approximate surface area is 147 Å². The van der Waals surface area contributed by atoms with Crippen molar-refractivity contribution in [1.82, 2.24) is 14.7 Å². The van der Waals surface area contributed by atoms with Crippen molar-refractivity contribution >= 4 is 11.9 Å². The lowest BCUT2D eigenvalue weighted by Crippen LogP contribution is -2.34. The Morgan fingerprint density at radius 3 is 2.60 bits per heavy atom. The number of hydrogen-bond acceptors (Lipinski definition) is 3. The largest absolute Gasteiger partial charge is 0.481 e. The van der Waals surface area contributed by atoms with E-state index in [-0.39, 0.29) is 12.5 Å². The van der Waals surface area contributed by atoms with E-state index in [0.29, 0.717) is 5.69 Å². The SMILES string of the molecule is Cc1ccc(-n2nc(C(=O)N(C)CC(C)C(=O)O)c3c2CCC3)cc1. The molecule has 1 N–H and O–H groups in total. The van der Waals surface area contributed by atoms with Crippen LogP contribution in [0.3, 0.4) is 0 Å². The maximum Gasteiger partial charge on any atom is 0.308 e. The molecule has 1 heterocycles. The molecule has 0 aliphatic heterocycles. The second-order valence-electron chi connectivity index (χ2n) is 6.80. The van der Waals surface area contributed by atoms with Crippen molar-refractivity contribution in [1.29, 1.82) is 0 Å². The van der Waals surface area contributed by atoms with Gasteiger partial charge in [-0.2, -0.15) is 5.10 Å². The van der Waals surface area contributed by atoms with Crippen LogP contribution >= 0.6 is 0 Å². The summed E-state index contributed by atoms with van der Waals surface area (Å²) in [6.45, 7) is 3.80. The topological polar surface area (TPSA) is 75.4 Å². The fourth-order valence-corrected chi connectivity index (χ4v) is 3.26. The summed E-state index contributed by atoms with van der Waals surface area (Å²) in [4.78, 5) is 25.3. The van der Waals surface area contributed by atoms with Gasteiger partial charge in [-0.1, -0.05) is 24.6 Å². The van der Waals surface area contributed by atoms with Crippen LogP contribution in [0.25, 0.3) is 5.69 Å². The number of nitrogens with zero attached hydrogens (tertiary/aromatic N) is 3. The predicted molar refractivity (Wildman–Crippen MR) is 94.1 cm³/mol. The monoisotopic (exact) mass is 341 g/mol. The third kappa shape index (κ3) is 3.29. The smallest absolute Gasteiger partial charge is 0.308 e. The molecule has 0 spiro atoms. The van der Waals surface area contributed by atoms with Gasteiger partial charge < -0.3 is 10.0 Å². The summed E-state index contributed by atoms with van der Waals surface area (Å²) in [5, 5.41) is 13.6. The highest BCUT2D eigenvalue weighted by Crippen LogP contribution is 2.28. The van der Waals surface area contributed by atoms with E-state index < -0.39 is 11.9 Å². The highest BCUT2D eigenvalue weighted by Gasteiger charge is 2.29. The number of benzene rings is 1. The van der Waals surface area contributed by atoms with Gasteiger partial charge in [0.25, 0.3) is 5.91 Å². The Bertz CT molecular complexity index is 808. The summed E-state index contributed by atoms with van der Waals surface area (Å²) in [7, 11) is 1.63. The van der Waals surface area contributed by atoms with Crippen molar-refractivity contribution in [2.45, 2.75) is 33.1 Å². The van der Waals surface area contributed by atoms with Gasteiger partial charge in [-0.25, -0.2) is 4.68 Å². The van der Waals surface area contributed by atoms with E-state index in [1.54, 1.807) is 14.0 Å². The van der Waals surface area contributed by atoms with Gasteiger partial charge in [-0.05, 0) is 38.3 Å². The fourth-order valence-electron chi connectivity index (χ4n) is 3.26. The number of carboxylic acid groups (broad SMARTS) is 1. The quantitative estimate of drug-likeness (QED) is 0.906. The lowest BCUT2D eigenvalue weighted by molar-refractivity contribution is -0.141. The second-order valence-corrected chi connectivity index (χ2v) is 6.80. The molecule has 0 saturated carbocycles. The molecule has 6 heteroatoms. The number of rotatable bonds is 5. The van der Waals surface area contributed by atoms with Crippen molar-refractivity contribution < 1.29 is 14.7 Å². The van der Waals surface area contributed by atoms with Crippen LogP contribution in [0.1, 0.15) is 40.7 Å². The first-order chi connectivity index (χ1) is 11.9. The molecule has 0 saturated heterocycles. The van der Waals surface area contributed by atoms with Gasteiger partial charge in [0.2, 0.25) is 0 Å². The van der Waals surface area contributed by atoms with Crippen LogP contribution in [0.4, 0.5) is 0 Å². The van der Waals surface area contributed by atoms with Gasteiger partial charge in [-0.15, -0.1) is 0 Å². The van der Waals surface area contributed by atoms with Gasteiger partial charge in [0.05, 0.1) is 11.6 Å². The lowest BCUT2D eigenvalue weighted by Gasteiger charge is -2.18. The molecule has 25 heavy (non-hydrogen) atoms. The molecule has 1 atom stereocenters. The molecule has 1 amide bonds. The number of carbonyl (C=O) groups excluding carboxylic acids is 1. The van der Waals surface area contributed by atoms with E-state index >= 15 is 0 Å². The molecule has 6 nitrogen and oxygen atoms in total. The van der Waals surface area contributed by atoms with Crippen molar-refractivity contribution in [3.8, 4) is 5.69 Å². The first kappa shape index (κ1) is 17.2. The minimum Gasteiger partial charge on any atom is -0.481 e. The summed E-state index contributed by atoms with van der Waals surface area (Å²) in [6.07, 6.45) is 2.75. The summed E-state index contributed by atoms with van der Waals surface area (Å²) in [5.41, 5.74) is 4.66. The molecule has 2 aromatic rings. The van der Waals surface area contributed by atoms with Crippen LogP contribution in [0.2, 0.25) is 0 Å². The summed E-state index contributed by atoms with van der Waals surface area (Å²) < 4.78 is 1.86. The normalized spacial score (nSPS) is 14.2. The molecule has 1 aromatic carbocycles. The van der Waals surface area contributed by atoms with Crippen molar-refractivity contribution in [3.63, 3.8) is 0 Å². The number of carboxylic acids is 1. The molecule has 1 unspecified atom stereocenters. The van der Waals surface area contributed by atoms with E-state index in [0.717, 1.165) is 36.2 Å². The van der Waals surface area contributed by atoms with Crippen molar-refractivity contribution in [3.05, 3.63) is 46.8 Å². The number of aliphatic carboxylic acids is 1. The maximum absolute atomic E-state index is 12.8. The number of aromatic nitrogens is 2. The molecule has 3 rings (SSSR count). The third-order valence-corrected chi connectivity index (χ3v) is 4.73. The van der Waals surface area contributed by atoms with E-state index in [2.05, 4.69) is 5.10 Å². The average Bonchev–Trinajstić information content (AvgIpc) is 3.17. The Morgan fingerprint density at radius 2 is 1.96 bits per heavy atom. The van der Waals surface area contributed by atoms with E-state index in [1.165, 1.54) is 10.5 Å². The molecule has 0 fully saturated rings. The van der Waals surface area contributed by atoms with Gasteiger partial charge in [0.1, 0.15) is 0 Å². The van der Waals surface area contributed by atoms with Crippen LogP contribution in [0, 0.1) is 12.8 Å². The Morgan fingerprint density at radius 1 is 1.28 bits per heavy atom.